The average Bonchev–Trinajstić information content (AvgIpc) is 3.95. The maximum Gasteiger partial charge on any atom is 0.270 e. The highest BCUT2D eigenvalue weighted by molar-refractivity contribution is 6.01. The van der Waals surface area contributed by atoms with E-state index in [1.807, 2.05) is 55.2 Å². The van der Waals surface area contributed by atoms with Crippen LogP contribution >= 0.6 is 0 Å². The smallest absolute Gasteiger partial charge is 0.270 e. The molecule has 2 aliphatic heterocycles. The lowest BCUT2D eigenvalue weighted by molar-refractivity contribution is -0.118. The predicted octanol–water partition coefficient (Wildman–Crippen LogP) is 4.03. The lowest BCUT2D eigenvalue weighted by Gasteiger charge is -2.28. The largest absolute Gasteiger partial charge is 0.374 e. The number of hydrogen-bond donors (Lipinski definition) is 2. The third-order valence-electron chi connectivity index (χ3n) is 9.99. The first kappa shape index (κ1) is 30.0. The van der Waals surface area contributed by atoms with Gasteiger partial charge in [0.2, 0.25) is 5.91 Å². The summed E-state index contributed by atoms with van der Waals surface area (Å²) in [5.74, 6) is 0.0133. The SMILES string of the molecule is Cc1cnn(C)c1-c1ccc(NC(=O)[C@@H](NC(=O)c2ccnn2C)[C@@H]2CCc3ccc(-c4cc(N5C[C@@H]6C[C@H]5CO6)ncn4)cc32)cc1. The molecule has 0 saturated carbocycles. The van der Waals surface area contributed by atoms with Crippen molar-refractivity contribution in [2.75, 3.05) is 23.4 Å². The Labute approximate surface area is 278 Å². The molecule has 2 amide bonds. The van der Waals surface area contributed by atoms with Gasteiger partial charge in [-0.2, -0.15) is 10.2 Å². The summed E-state index contributed by atoms with van der Waals surface area (Å²) in [7, 11) is 3.62. The number of amides is 2. The standard InChI is InChI=1S/C36H37N9O3/c1-21-17-40-44(3)34(21)23-6-9-25(10-7-23)41-36(47)33(42-35(46)31-12-13-39-43(31)2)28-11-8-22-4-5-24(14-29(22)28)30-16-32(38-20-37-30)45-18-27-15-26(45)19-48-27/h4-7,9-10,12-14,16-17,20,26-28,33H,8,11,15,18-19H2,1-3H3,(H,41,47)(H,42,46)/t26-,27-,28+,33-/m0/s1. The number of aryl methyl sites for hydroxylation is 4. The van der Waals surface area contributed by atoms with Crippen molar-refractivity contribution >= 4 is 23.3 Å². The molecule has 2 bridgehead atoms. The number of morpholine rings is 1. The van der Waals surface area contributed by atoms with Crippen LogP contribution in [0.25, 0.3) is 22.5 Å². The van der Waals surface area contributed by atoms with Crippen LogP contribution in [0.4, 0.5) is 11.5 Å². The van der Waals surface area contributed by atoms with Gasteiger partial charge in [-0.3, -0.25) is 19.0 Å². The summed E-state index contributed by atoms with van der Waals surface area (Å²) in [6, 6.07) is 17.2. The first-order valence-corrected chi connectivity index (χ1v) is 16.3. The Morgan fingerprint density at radius 3 is 2.52 bits per heavy atom. The summed E-state index contributed by atoms with van der Waals surface area (Å²) in [6.45, 7) is 3.59. The molecule has 2 aromatic carbocycles. The highest BCUT2D eigenvalue weighted by Crippen LogP contribution is 2.39. The normalized spacial score (nSPS) is 20.1. The summed E-state index contributed by atoms with van der Waals surface area (Å²) in [5.41, 5.74) is 8.08. The van der Waals surface area contributed by atoms with Gasteiger partial charge in [0.15, 0.2) is 0 Å². The van der Waals surface area contributed by atoms with E-state index in [0.29, 0.717) is 23.8 Å². The molecule has 5 aromatic rings. The van der Waals surface area contributed by atoms with Gasteiger partial charge in [0.1, 0.15) is 23.9 Å². The molecule has 0 radical (unpaired) electrons. The van der Waals surface area contributed by atoms with Gasteiger partial charge < -0.3 is 20.3 Å². The lowest BCUT2D eigenvalue weighted by Crippen LogP contribution is -2.47. The van der Waals surface area contributed by atoms with Crippen LogP contribution in [0.3, 0.4) is 0 Å². The van der Waals surface area contributed by atoms with Crippen molar-refractivity contribution in [3.8, 4) is 22.5 Å². The van der Waals surface area contributed by atoms with Gasteiger partial charge in [0.25, 0.3) is 5.91 Å². The molecule has 4 atom stereocenters. The van der Waals surface area contributed by atoms with Gasteiger partial charge in [-0.05, 0) is 67.1 Å². The minimum absolute atomic E-state index is 0.249. The minimum Gasteiger partial charge on any atom is -0.374 e. The molecule has 3 aliphatic rings. The molecule has 8 rings (SSSR count). The van der Waals surface area contributed by atoms with Crippen LogP contribution in [0, 0.1) is 6.92 Å². The number of hydrogen-bond acceptors (Lipinski definition) is 8. The molecule has 2 fully saturated rings. The van der Waals surface area contributed by atoms with Crippen LogP contribution in [-0.4, -0.2) is 72.7 Å². The molecular formula is C36H37N9O3. The number of carbonyl (C=O) groups excluding carboxylic acids is 2. The van der Waals surface area contributed by atoms with Crippen LogP contribution in [0.1, 0.15) is 45.9 Å². The Hall–Kier alpha value is -5.36. The van der Waals surface area contributed by atoms with Gasteiger partial charge in [-0.25, -0.2) is 9.97 Å². The molecular weight excluding hydrogens is 606 g/mol. The highest BCUT2D eigenvalue weighted by atomic mass is 16.5. The molecule has 48 heavy (non-hydrogen) atoms. The van der Waals surface area contributed by atoms with Crippen molar-refractivity contribution in [2.45, 2.75) is 50.3 Å². The fourth-order valence-corrected chi connectivity index (χ4v) is 7.54. The van der Waals surface area contributed by atoms with E-state index >= 15 is 0 Å². The van der Waals surface area contributed by atoms with Gasteiger partial charge in [0.05, 0.1) is 36.3 Å². The van der Waals surface area contributed by atoms with Crippen LogP contribution < -0.4 is 15.5 Å². The molecule has 244 valence electrons. The van der Waals surface area contributed by atoms with Gasteiger partial charge in [-0.1, -0.05) is 24.3 Å². The van der Waals surface area contributed by atoms with Crippen molar-refractivity contribution < 1.29 is 14.3 Å². The maximum atomic E-state index is 14.1. The number of carbonyl (C=O) groups is 2. The Balaban J connectivity index is 1.08. The quantitative estimate of drug-likeness (QED) is 0.259. The van der Waals surface area contributed by atoms with Crippen molar-refractivity contribution in [1.29, 1.82) is 0 Å². The van der Waals surface area contributed by atoms with Crippen LogP contribution in [0.5, 0.6) is 0 Å². The fraction of sp³-hybridized carbons (Fsp3) is 0.333. The van der Waals surface area contributed by atoms with E-state index in [-0.39, 0.29) is 23.8 Å². The Morgan fingerprint density at radius 2 is 1.81 bits per heavy atom. The Kier molecular flexibility index (Phi) is 7.51. The molecule has 2 saturated heterocycles. The second-order valence-electron chi connectivity index (χ2n) is 13.0. The van der Waals surface area contributed by atoms with Gasteiger partial charge in [0, 0.05) is 55.6 Å². The third-order valence-corrected chi connectivity index (χ3v) is 9.99. The fourth-order valence-electron chi connectivity index (χ4n) is 7.54. The van der Waals surface area contributed by atoms with Crippen LogP contribution in [-0.2, 0) is 30.0 Å². The van der Waals surface area contributed by atoms with E-state index in [1.165, 1.54) is 4.68 Å². The zero-order valence-corrected chi connectivity index (χ0v) is 27.1. The molecule has 12 heteroatoms. The number of ether oxygens (including phenoxy) is 1. The number of anilines is 2. The van der Waals surface area contributed by atoms with Crippen LogP contribution in [0.2, 0.25) is 0 Å². The van der Waals surface area contributed by atoms with E-state index in [4.69, 9.17) is 4.74 Å². The summed E-state index contributed by atoms with van der Waals surface area (Å²) in [4.78, 5) is 39.2. The van der Waals surface area contributed by atoms with E-state index in [0.717, 1.165) is 71.0 Å². The highest BCUT2D eigenvalue weighted by Gasteiger charge is 2.40. The first-order valence-electron chi connectivity index (χ1n) is 16.3. The monoisotopic (exact) mass is 643 g/mol. The summed E-state index contributed by atoms with van der Waals surface area (Å²) < 4.78 is 9.14. The predicted molar refractivity (Wildman–Crippen MR) is 180 cm³/mol. The average molecular weight is 644 g/mol. The number of fused-ring (bicyclic) bond motifs is 3. The lowest BCUT2D eigenvalue weighted by atomic mass is 9.90. The number of rotatable bonds is 8. The molecule has 0 unspecified atom stereocenters. The zero-order chi connectivity index (χ0) is 32.9. The van der Waals surface area contributed by atoms with E-state index in [1.54, 1.807) is 25.6 Å². The van der Waals surface area contributed by atoms with Crippen molar-refractivity contribution in [1.82, 2.24) is 34.8 Å². The van der Waals surface area contributed by atoms with E-state index in [9.17, 15) is 9.59 Å². The van der Waals surface area contributed by atoms with Gasteiger partial charge >= 0.3 is 0 Å². The van der Waals surface area contributed by atoms with Crippen molar-refractivity contribution in [3.63, 3.8) is 0 Å². The number of aromatic nitrogens is 6. The maximum absolute atomic E-state index is 14.1. The number of nitrogens with one attached hydrogen (secondary N) is 2. The number of nitrogens with zero attached hydrogens (tertiary/aromatic N) is 7. The molecule has 1 aliphatic carbocycles. The summed E-state index contributed by atoms with van der Waals surface area (Å²) in [5, 5.41) is 14.6. The topological polar surface area (TPSA) is 132 Å². The molecule has 0 spiro atoms. The van der Waals surface area contributed by atoms with E-state index in [2.05, 4.69) is 53.9 Å². The number of benzene rings is 2. The Bertz CT molecular complexity index is 2000. The van der Waals surface area contributed by atoms with E-state index < -0.39 is 6.04 Å². The summed E-state index contributed by atoms with van der Waals surface area (Å²) in [6.07, 6.45) is 7.84. The third kappa shape index (κ3) is 5.41. The first-order chi connectivity index (χ1) is 23.3. The van der Waals surface area contributed by atoms with Crippen molar-refractivity contribution in [2.24, 2.45) is 14.1 Å². The van der Waals surface area contributed by atoms with Crippen molar-refractivity contribution in [3.05, 3.63) is 95.7 Å². The molecule has 5 heterocycles. The molecule has 12 nitrogen and oxygen atoms in total. The Morgan fingerprint density at radius 1 is 0.979 bits per heavy atom. The second-order valence-corrected chi connectivity index (χ2v) is 13.0. The minimum atomic E-state index is -0.830. The summed E-state index contributed by atoms with van der Waals surface area (Å²) >= 11 is 0. The molecule has 2 N–H and O–H groups in total. The van der Waals surface area contributed by atoms with Gasteiger partial charge in [-0.15, -0.1) is 0 Å². The second kappa shape index (κ2) is 12.0. The van der Waals surface area contributed by atoms with Crippen LogP contribution in [0.15, 0.2) is 73.3 Å². The molecule has 3 aromatic heterocycles. The zero-order valence-electron chi connectivity index (χ0n) is 27.1.